The Morgan fingerprint density at radius 3 is 2.28 bits per heavy atom. The van der Waals surface area contributed by atoms with Gasteiger partial charge in [0.05, 0.1) is 31.7 Å². The molecule has 0 spiro atoms. The summed E-state index contributed by atoms with van der Waals surface area (Å²) in [4.78, 5) is 29.5. The van der Waals surface area contributed by atoms with E-state index in [0.717, 1.165) is 34.4 Å². The van der Waals surface area contributed by atoms with E-state index in [1.54, 1.807) is 14.0 Å². The number of rotatable bonds is 9. The Hall–Kier alpha value is -3.51. The normalized spacial score (nSPS) is 16.3. The largest absolute Gasteiger partial charge is 0.493 e. The molecule has 0 aromatic heterocycles. The molecular weight excluding hydrogens is 512 g/mol. The fourth-order valence-electron chi connectivity index (χ4n) is 5.24. The average Bonchev–Trinajstić information content (AvgIpc) is 2.93. The van der Waals surface area contributed by atoms with Crippen LogP contribution in [0.2, 0.25) is 5.02 Å². The molecule has 1 heterocycles. The van der Waals surface area contributed by atoms with Gasteiger partial charge in [0.1, 0.15) is 0 Å². The zero-order valence-corrected chi connectivity index (χ0v) is 24.3. The van der Waals surface area contributed by atoms with Crippen molar-refractivity contribution in [2.24, 2.45) is 0 Å². The molecule has 0 saturated heterocycles. The van der Waals surface area contributed by atoms with Crippen molar-refractivity contribution in [1.82, 2.24) is 4.90 Å². The molecule has 1 unspecified atom stereocenters. The van der Waals surface area contributed by atoms with Crippen LogP contribution in [0, 0.1) is 0 Å². The van der Waals surface area contributed by atoms with Gasteiger partial charge >= 0.3 is 0 Å². The fourth-order valence-corrected chi connectivity index (χ4v) is 5.36. The van der Waals surface area contributed by atoms with Crippen LogP contribution < -0.4 is 14.4 Å². The zero-order valence-electron chi connectivity index (χ0n) is 23.5. The second kappa shape index (κ2) is 12.1. The molecule has 0 aliphatic carbocycles. The Balaban J connectivity index is 1.82. The molecule has 1 aliphatic rings. The molecule has 206 valence electrons. The van der Waals surface area contributed by atoms with E-state index in [2.05, 4.69) is 6.92 Å². The van der Waals surface area contributed by atoms with Crippen molar-refractivity contribution in [2.75, 3.05) is 18.6 Å². The minimum absolute atomic E-state index is 0.0134. The van der Waals surface area contributed by atoms with Gasteiger partial charge in [-0.1, -0.05) is 42.8 Å². The van der Waals surface area contributed by atoms with Gasteiger partial charge in [0.25, 0.3) is 0 Å². The first-order valence-corrected chi connectivity index (χ1v) is 13.9. The SMILES string of the molecule is CC[C@@H](C)Oc1cc2c(cc1OC)CC(=O)N(c1ccc([C@H](C)N(CC)C(C)=O)cc1)C2c1ccc(Cl)cc1. The summed E-state index contributed by atoms with van der Waals surface area (Å²) in [7, 11) is 1.62. The van der Waals surface area contributed by atoms with Crippen LogP contribution in [0.15, 0.2) is 60.7 Å². The first kappa shape index (κ1) is 28.5. The van der Waals surface area contributed by atoms with Crippen molar-refractivity contribution in [1.29, 1.82) is 0 Å². The van der Waals surface area contributed by atoms with Gasteiger partial charge < -0.3 is 19.3 Å². The summed E-state index contributed by atoms with van der Waals surface area (Å²) in [5.74, 6) is 1.30. The van der Waals surface area contributed by atoms with Crippen LogP contribution in [0.5, 0.6) is 11.5 Å². The molecule has 1 aliphatic heterocycles. The number of ether oxygens (including phenoxy) is 2. The maximum absolute atomic E-state index is 13.8. The predicted octanol–water partition coefficient (Wildman–Crippen LogP) is 7.13. The molecule has 3 atom stereocenters. The van der Waals surface area contributed by atoms with Crippen LogP contribution in [0.1, 0.15) is 75.4 Å². The van der Waals surface area contributed by atoms with Crippen LogP contribution in [-0.4, -0.2) is 36.5 Å². The van der Waals surface area contributed by atoms with Gasteiger partial charge in [-0.25, -0.2) is 0 Å². The number of amides is 2. The number of halogens is 1. The molecule has 3 aromatic carbocycles. The number of carbonyl (C=O) groups excluding carboxylic acids is 2. The van der Waals surface area contributed by atoms with E-state index in [1.165, 1.54) is 0 Å². The van der Waals surface area contributed by atoms with E-state index in [9.17, 15) is 9.59 Å². The van der Waals surface area contributed by atoms with Gasteiger partial charge in [0, 0.05) is 24.2 Å². The van der Waals surface area contributed by atoms with E-state index in [1.807, 2.05) is 91.2 Å². The maximum Gasteiger partial charge on any atom is 0.232 e. The highest BCUT2D eigenvalue weighted by Crippen LogP contribution is 2.44. The van der Waals surface area contributed by atoms with Gasteiger partial charge in [0.2, 0.25) is 11.8 Å². The van der Waals surface area contributed by atoms with Crippen molar-refractivity contribution in [2.45, 2.75) is 65.6 Å². The number of benzene rings is 3. The van der Waals surface area contributed by atoms with Gasteiger partial charge in [0.15, 0.2) is 11.5 Å². The molecule has 39 heavy (non-hydrogen) atoms. The summed E-state index contributed by atoms with van der Waals surface area (Å²) in [6.45, 7) is 10.3. The summed E-state index contributed by atoms with van der Waals surface area (Å²) >= 11 is 6.23. The highest BCUT2D eigenvalue weighted by molar-refractivity contribution is 6.30. The number of hydrogen-bond donors (Lipinski definition) is 0. The Kier molecular flexibility index (Phi) is 8.86. The minimum atomic E-state index is -0.378. The lowest BCUT2D eigenvalue weighted by atomic mass is 9.86. The van der Waals surface area contributed by atoms with Crippen LogP contribution in [0.4, 0.5) is 5.69 Å². The number of fused-ring (bicyclic) bond motifs is 1. The zero-order chi connectivity index (χ0) is 28.3. The predicted molar refractivity (Wildman–Crippen MR) is 156 cm³/mol. The lowest BCUT2D eigenvalue weighted by Gasteiger charge is -2.38. The van der Waals surface area contributed by atoms with Crippen LogP contribution in [-0.2, 0) is 16.0 Å². The lowest BCUT2D eigenvalue weighted by molar-refractivity contribution is -0.130. The average molecular weight is 549 g/mol. The third-order valence-corrected chi connectivity index (χ3v) is 7.80. The van der Waals surface area contributed by atoms with Gasteiger partial charge in [-0.05, 0) is 85.8 Å². The fraction of sp³-hybridized carbons (Fsp3) is 0.375. The quantitative estimate of drug-likeness (QED) is 0.285. The molecule has 0 fully saturated rings. The minimum Gasteiger partial charge on any atom is -0.493 e. The third-order valence-electron chi connectivity index (χ3n) is 7.54. The standard InChI is InChI=1S/C32H37ClN2O4/c1-7-20(3)39-30-19-28-25(17-29(30)38-6)18-31(37)35(32(28)24-9-13-26(33)14-10-24)27-15-11-23(12-16-27)21(4)34(8-2)22(5)36/h9-17,19-21,32H,7-8,18H2,1-6H3/t20-,21+,32?/m1/s1. The maximum atomic E-state index is 13.8. The van der Waals surface area contributed by atoms with Gasteiger partial charge in [-0.2, -0.15) is 0 Å². The monoisotopic (exact) mass is 548 g/mol. The topological polar surface area (TPSA) is 59.1 Å². The Morgan fingerprint density at radius 1 is 1.05 bits per heavy atom. The van der Waals surface area contributed by atoms with E-state index in [4.69, 9.17) is 21.1 Å². The molecule has 2 amide bonds. The Morgan fingerprint density at radius 2 is 1.72 bits per heavy atom. The molecule has 3 aromatic rings. The van der Waals surface area contributed by atoms with Crippen molar-refractivity contribution in [3.63, 3.8) is 0 Å². The third kappa shape index (κ3) is 5.91. The second-order valence-electron chi connectivity index (χ2n) is 10.0. The molecular formula is C32H37ClN2O4. The summed E-state index contributed by atoms with van der Waals surface area (Å²) in [6.07, 6.45) is 1.11. The van der Waals surface area contributed by atoms with Crippen LogP contribution in [0.25, 0.3) is 0 Å². The van der Waals surface area contributed by atoms with E-state index in [0.29, 0.717) is 23.1 Å². The van der Waals surface area contributed by atoms with Crippen molar-refractivity contribution < 1.29 is 19.1 Å². The molecule has 0 saturated carbocycles. The molecule has 0 bridgehead atoms. The van der Waals surface area contributed by atoms with E-state index in [-0.39, 0.29) is 36.4 Å². The number of anilines is 1. The first-order valence-electron chi connectivity index (χ1n) is 13.5. The molecule has 7 heteroatoms. The summed E-state index contributed by atoms with van der Waals surface area (Å²) in [5, 5.41) is 0.632. The summed E-state index contributed by atoms with van der Waals surface area (Å²) in [6, 6.07) is 19.0. The van der Waals surface area contributed by atoms with Crippen molar-refractivity contribution in [3.8, 4) is 11.5 Å². The van der Waals surface area contributed by atoms with Crippen molar-refractivity contribution in [3.05, 3.63) is 87.9 Å². The number of nitrogens with zero attached hydrogens (tertiary/aromatic N) is 2. The Bertz CT molecular complexity index is 1320. The van der Waals surface area contributed by atoms with Crippen LogP contribution in [0.3, 0.4) is 0 Å². The number of hydrogen-bond acceptors (Lipinski definition) is 4. The van der Waals surface area contributed by atoms with Gasteiger partial charge in [-0.15, -0.1) is 0 Å². The smallest absolute Gasteiger partial charge is 0.232 e. The highest BCUT2D eigenvalue weighted by atomic mass is 35.5. The van der Waals surface area contributed by atoms with E-state index < -0.39 is 0 Å². The molecule has 0 radical (unpaired) electrons. The number of methoxy groups -OCH3 is 1. The lowest BCUT2D eigenvalue weighted by Crippen LogP contribution is -2.41. The van der Waals surface area contributed by atoms with Crippen molar-refractivity contribution >= 4 is 29.1 Å². The van der Waals surface area contributed by atoms with Gasteiger partial charge in [-0.3, -0.25) is 9.59 Å². The summed E-state index contributed by atoms with van der Waals surface area (Å²) < 4.78 is 11.9. The molecule has 0 N–H and O–H groups in total. The van der Waals surface area contributed by atoms with E-state index >= 15 is 0 Å². The number of carbonyl (C=O) groups is 2. The Labute approximate surface area is 236 Å². The second-order valence-corrected chi connectivity index (χ2v) is 10.4. The first-order chi connectivity index (χ1) is 18.7. The molecule has 6 nitrogen and oxygen atoms in total. The highest BCUT2D eigenvalue weighted by Gasteiger charge is 2.36. The van der Waals surface area contributed by atoms with Crippen LogP contribution >= 0.6 is 11.6 Å². The summed E-state index contributed by atoms with van der Waals surface area (Å²) in [5.41, 5.74) is 4.64. The molecule has 4 rings (SSSR count).